The fraction of sp³-hybridized carbons (Fsp3) is 0.500. The number of anilines is 1. The van der Waals surface area contributed by atoms with Gasteiger partial charge in [0, 0.05) is 30.7 Å². The fourth-order valence-electron chi connectivity index (χ4n) is 1.34. The van der Waals surface area contributed by atoms with E-state index < -0.39 is 0 Å². The van der Waals surface area contributed by atoms with Gasteiger partial charge in [-0.15, -0.1) is 0 Å². The van der Waals surface area contributed by atoms with E-state index in [1.54, 1.807) is 6.33 Å². The van der Waals surface area contributed by atoms with E-state index in [2.05, 4.69) is 14.9 Å². The zero-order chi connectivity index (χ0) is 9.10. The molecule has 1 aromatic rings. The molecule has 0 saturated carbocycles. The van der Waals surface area contributed by atoms with Gasteiger partial charge in [-0.3, -0.25) is 0 Å². The van der Waals surface area contributed by atoms with Crippen molar-refractivity contribution in [3.8, 4) is 0 Å². The van der Waals surface area contributed by atoms with Crippen LogP contribution in [0.15, 0.2) is 12.4 Å². The largest absolute Gasteiger partial charge is 0.356 e. The number of nitrogens with zero attached hydrogens (tertiary/aromatic N) is 2. The fourth-order valence-corrected chi connectivity index (χ4v) is 2.41. The molecule has 0 amide bonds. The molecule has 0 aliphatic carbocycles. The van der Waals surface area contributed by atoms with Crippen LogP contribution in [-0.4, -0.2) is 34.6 Å². The van der Waals surface area contributed by atoms with Crippen LogP contribution in [0.2, 0.25) is 0 Å². The van der Waals surface area contributed by atoms with Gasteiger partial charge in [0.05, 0.1) is 6.33 Å². The van der Waals surface area contributed by atoms with Crippen LogP contribution in [0.3, 0.4) is 0 Å². The number of hydrogen-bond donors (Lipinski definition) is 1. The molecule has 5 heteroatoms. The van der Waals surface area contributed by atoms with Crippen LogP contribution in [0.25, 0.3) is 0 Å². The predicted molar refractivity (Wildman–Crippen MR) is 59.0 cm³/mol. The van der Waals surface area contributed by atoms with Crippen LogP contribution < -0.4 is 4.90 Å². The van der Waals surface area contributed by atoms with Crippen molar-refractivity contribution in [1.29, 1.82) is 0 Å². The summed E-state index contributed by atoms with van der Waals surface area (Å²) in [4.78, 5) is 9.39. The molecule has 1 N–H and O–H groups in total. The van der Waals surface area contributed by atoms with Crippen molar-refractivity contribution in [2.75, 3.05) is 29.5 Å². The molecule has 0 aromatic carbocycles. The molecular formula is C8H11N3S2. The molecule has 0 atom stereocenters. The highest BCUT2D eigenvalue weighted by Crippen LogP contribution is 2.15. The van der Waals surface area contributed by atoms with E-state index >= 15 is 0 Å². The Hall–Kier alpha value is -0.550. The van der Waals surface area contributed by atoms with Crippen molar-refractivity contribution >= 4 is 29.8 Å². The Kier molecular flexibility index (Phi) is 2.85. The van der Waals surface area contributed by atoms with Gasteiger partial charge in [-0.2, -0.15) is 11.8 Å². The summed E-state index contributed by atoms with van der Waals surface area (Å²) in [5.74, 6) is 3.49. The molecular weight excluding hydrogens is 202 g/mol. The Balaban J connectivity index is 2.19. The SMILES string of the molecule is S=c1cc(N2CCSCC2)[nH]cn1. The smallest absolute Gasteiger partial charge is 0.131 e. The molecule has 1 fully saturated rings. The van der Waals surface area contributed by atoms with Crippen molar-refractivity contribution in [3.05, 3.63) is 17.0 Å². The molecule has 70 valence electrons. The number of aromatic amines is 1. The molecule has 1 saturated heterocycles. The lowest BCUT2D eigenvalue weighted by molar-refractivity contribution is 0.834. The Morgan fingerprint density at radius 3 is 2.92 bits per heavy atom. The number of aromatic nitrogens is 2. The minimum atomic E-state index is 0.659. The number of rotatable bonds is 1. The predicted octanol–water partition coefficient (Wildman–Crippen LogP) is 1.69. The van der Waals surface area contributed by atoms with Crippen LogP contribution in [0, 0.1) is 4.64 Å². The van der Waals surface area contributed by atoms with Crippen LogP contribution in [0.4, 0.5) is 5.82 Å². The first-order valence-electron chi connectivity index (χ1n) is 4.24. The van der Waals surface area contributed by atoms with Gasteiger partial charge in [-0.25, -0.2) is 4.98 Å². The summed E-state index contributed by atoms with van der Waals surface area (Å²) in [5.41, 5.74) is 0. The van der Waals surface area contributed by atoms with Gasteiger partial charge in [0.1, 0.15) is 10.5 Å². The molecule has 0 bridgehead atoms. The van der Waals surface area contributed by atoms with E-state index in [-0.39, 0.29) is 0 Å². The third kappa shape index (κ3) is 2.22. The Morgan fingerprint density at radius 1 is 1.46 bits per heavy atom. The van der Waals surface area contributed by atoms with Gasteiger partial charge < -0.3 is 9.88 Å². The van der Waals surface area contributed by atoms with E-state index in [4.69, 9.17) is 12.2 Å². The third-order valence-corrected chi connectivity index (χ3v) is 3.18. The molecule has 1 aromatic heterocycles. The summed E-state index contributed by atoms with van der Waals surface area (Å²) < 4.78 is 0.659. The highest BCUT2D eigenvalue weighted by molar-refractivity contribution is 7.99. The summed E-state index contributed by atoms with van der Waals surface area (Å²) in [5, 5.41) is 0. The zero-order valence-corrected chi connectivity index (χ0v) is 8.83. The average Bonchev–Trinajstić information content (AvgIpc) is 2.19. The molecule has 1 aliphatic rings. The molecule has 0 radical (unpaired) electrons. The van der Waals surface area contributed by atoms with Gasteiger partial charge in [-0.05, 0) is 0 Å². The van der Waals surface area contributed by atoms with Crippen LogP contribution in [0.5, 0.6) is 0 Å². The molecule has 1 aliphatic heterocycles. The van der Waals surface area contributed by atoms with E-state index in [1.807, 2.05) is 17.8 Å². The van der Waals surface area contributed by atoms with Gasteiger partial charge in [-0.1, -0.05) is 12.2 Å². The van der Waals surface area contributed by atoms with Gasteiger partial charge in [0.15, 0.2) is 0 Å². The maximum atomic E-state index is 5.01. The molecule has 13 heavy (non-hydrogen) atoms. The molecule has 0 unspecified atom stereocenters. The standard InChI is InChI=1S/C8H11N3S2/c12-8-5-7(9-6-10-8)11-1-3-13-4-2-11/h5-6H,1-4H2,(H,9,10,12). The number of thioether (sulfide) groups is 1. The quantitative estimate of drug-likeness (QED) is 0.720. The van der Waals surface area contributed by atoms with Crippen molar-refractivity contribution in [3.63, 3.8) is 0 Å². The van der Waals surface area contributed by atoms with Crippen LogP contribution in [0.1, 0.15) is 0 Å². The van der Waals surface area contributed by atoms with Gasteiger partial charge >= 0.3 is 0 Å². The molecule has 2 heterocycles. The Bertz CT molecular complexity index is 330. The second-order valence-electron chi connectivity index (χ2n) is 2.87. The molecule has 2 rings (SSSR count). The topological polar surface area (TPSA) is 31.9 Å². The van der Waals surface area contributed by atoms with Gasteiger partial charge in [0.2, 0.25) is 0 Å². The third-order valence-electron chi connectivity index (χ3n) is 2.02. The first-order chi connectivity index (χ1) is 6.36. The van der Waals surface area contributed by atoms with E-state index in [1.165, 1.54) is 11.5 Å². The second kappa shape index (κ2) is 4.11. The lowest BCUT2D eigenvalue weighted by Crippen LogP contribution is -2.33. The van der Waals surface area contributed by atoms with Gasteiger partial charge in [0.25, 0.3) is 0 Å². The second-order valence-corrected chi connectivity index (χ2v) is 4.51. The minimum Gasteiger partial charge on any atom is -0.356 e. The van der Waals surface area contributed by atoms with Crippen LogP contribution >= 0.6 is 24.0 Å². The van der Waals surface area contributed by atoms with E-state index in [0.717, 1.165) is 18.9 Å². The summed E-state index contributed by atoms with van der Waals surface area (Å²) in [6, 6.07) is 1.92. The first-order valence-corrected chi connectivity index (χ1v) is 5.80. The number of hydrogen-bond acceptors (Lipinski definition) is 4. The summed E-state index contributed by atoms with van der Waals surface area (Å²) in [7, 11) is 0. The summed E-state index contributed by atoms with van der Waals surface area (Å²) in [6.45, 7) is 2.19. The lowest BCUT2D eigenvalue weighted by Gasteiger charge is -2.27. The molecule has 0 spiro atoms. The van der Waals surface area contributed by atoms with E-state index in [0.29, 0.717) is 4.64 Å². The van der Waals surface area contributed by atoms with Crippen LogP contribution in [-0.2, 0) is 0 Å². The monoisotopic (exact) mass is 213 g/mol. The normalized spacial score (nSPS) is 17.4. The highest BCUT2D eigenvalue weighted by Gasteiger charge is 2.10. The number of nitrogens with one attached hydrogen (secondary N) is 1. The van der Waals surface area contributed by atoms with E-state index in [9.17, 15) is 0 Å². The summed E-state index contributed by atoms with van der Waals surface area (Å²) >= 11 is 7.01. The lowest BCUT2D eigenvalue weighted by atomic mass is 10.4. The number of H-pyrrole nitrogens is 1. The van der Waals surface area contributed by atoms with Crippen molar-refractivity contribution in [2.45, 2.75) is 0 Å². The van der Waals surface area contributed by atoms with Crippen molar-refractivity contribution in [2.24, 2.45) is 0 Å². The van der Waals surface area contributed by atoms with Crippen molar-refractivity contribution < 1.29 is 0 Å². The summed E-state index contributed by atoms with van der Waals surface area (Å²) in [6.07, 6.45) is 1.67. The zero-order valence-electron chi connectivity index (χ0n) is 7.19. The Morgan fingerprint density at radius 2 is 2.23 bits per heavy atom. The maximum Gasteiger partial charge on any atom is 0.131 e. The molecule has 3 nitrogen and oxygen atoms in total. The van der Waals surface area contributed by atoms with Crippen molar-refractivity contribution in [1.82, 2.24) is 9.97 Å². The highest BCUT2D eigenvalue weighted by atomic mass is 32.2. The minimum absolute atomic E-state index is 0.659. The average molecular weight is 213 g/mol. The Labute approximate surface area is 86.6 Å². The first kappa shape index (κ1) is 9.02. The maximum absolute atomic E-state index is 5.01.